The maximum Gasteiger partial charge on any atom is 0.0698 e. The largest absolute Gasteiger partial charge is 0.379 e. The summed E-state index contributed by atoms with van der Waals surface area (Å²) in [5, 5.41) is 11.7. The number of hydrogen-bond acceptors (Lipinski definition) is 5. The second-order valence-electron chi connectivity index (χ2n) is 5.85. The lowest BCUT2D eigenvalue weighted by atomic mass is 10.0. The zero-order valence-corrected chi connectivity index (χ0v) is 15.5. The van der Waals surface area contributed by atoms with E-state index in [9.17, 15) is 0 Å². The van der Waals surface area contributed by atoms with Crippen LogP contribution in [0.4, 0.5) is 5.69 Å². The predicted octanol–water partition coefficient (Wildman–Crippen LogP) is 4.58. The number of rotatable bonds is 7. The van der Waals surface area contributed by atoms with Crippen LogP contribution in [-0.4, -0.2) is 36.3 Å². The van der Waals surface area contributed by atoms with Gasteiger partial charge in [-0.15, -0.1) is 0 Å². The van der Waals surface area contributed by atoms with Gasteiger partial charge in [0.1, 0.15) is 0 Å². The third kappa shape index (κ3) is 5.08. The van der Waals surface area contributed by atoms with E-state index < -0.39 is 0 Å². The summed E-state index contributed by atoms with van der Waals surface area (Å²) < 4.78 is 7.69. The number of nitrogens with one attached hydrogen (secondary N) is 2. The summed E-state index contributed by atoms with van der Waals surface area (Å²) in [6.45, 7) is 7.30. The third-order valence-corrected chi connectivity index (χ3v) is 5.13. The Kier molecular flexibility index (Phi) is 6.66. The molecule has 0 spiro atoms. The molecule has 0 bridgehead atoms. The van der Waals surface area contributed by atoms with E-state index in [-0.39, 0.29) is 0 Å². The number of para-hydroxylation sites is 1. The highest BCUT2D eigenvalue weighted by Gasteiger charge is 2.12. The van der Waals surface area contributed by atoms with Crippen LogP contribution in [0.1, 0.15) is 5.56 Å². The topological polar surface area (TPSA) is 48.4 Å². The minimum atomic E-state index is 0.450. The fourth-order valence-corrected chi connectivity index (χ4v) is 3.45. The molecule has 5 heteroatoms. The molecular weight excluding hydrogens is 342 g/mol. The SMILES string of the molecule is C=C/C(=C/Nc1ccccc1)C(=N)c1ccc(SN2CCOCC2)cc1. The molecule has 0 saturated carbocycles. The van der Waals surface area contributed by atoms with E-state index in [2.05, 4.69) is 28.3 Å². The Bertz CT molecular complexity index is 766. The van der Waals surface area contributed by atoms with Crippen LogP contribution in [0, 0.1) is 5.41 Å². The van der Waals surface area contributed by atoms with Gasteiger partial charge in [0.2, 0.25) is 0 Å². The van der Waals surface area contributed by atoms with Crippen LogP contribution < -0.4 is 5.32 Å². The van der Waals surface area contributed by atoms with Gasteiger partial charge in [-0.2, -0.15) is 0 Å². The average molecular weight is 366 g/mol. The van der Waals surface area contributed by atoms with E-state index >= 15 is 0 Å². The van der Waals surface area contributed by atoms with Gasteiger partial charge >= 0.3 is 0 Å². The summed E-state index contributed by atoms with van der Waals surface area (Å²) in [6, 6.07) is 18.0. The minimum Gasteiger partial charge on any atom is -0.379 e. The zero-order valence-electron chi connectivity index (χ0n) is 14.7. The molecule has 1 heterocycles. The Labute approximate surface area is 159 Å². The van der Waals surface area contributed by atoms with Gasteiger partial charge in [0.05, 0.1) is 18.9 Å². The molecule has 2 aromatic carbocycles. The fourth-order valence-electron chi connectivity index (χ4n) is 2.56. The molecule has 4 nitrogen and oxygen atoms in total. The molecule has 0 unspecified atom stereocenters. The number of hydrogen-bond donors (Lipinski definition) is 2. The monoisotopic (exact) mass is 365 g/mol. The van der Waals surface area contributed by atoms with Crippen molar-refractivity contribution in [2.45, 2.75) is 4.90 Å². The van der Waals surface area contributed by atoms with Crippen molar-refractivity contribution in [1.29, 1.82) is 5.41 Å². The molecule has 134 valence electrons. The highest BCUT2D eigenvalue weighted by atomic mass is 32.2. The Morgan fingerprint density at radius 2 is 1.77 bits per heavy atom. The molecule has 26 heavy (non-hydrogen) atoms. The average Bonchev–Trinajstić information content (AvgIpc) is 2.70. The lowest BCUT2D eigenvalue weighted by molar-refractivity contribution is 0.0773. The number of ether oxygens (including phenoxy) is 1. The third-order valence-electron chi connectivity index (χ3n) is 4.02. The molecule has 1 saturated heterocycles. The second kappa shape index (κ2) is 9.38. The van der Waals surface area contributed by atoms with Gasteiger partial charge in [-0.25, -0.2) is 4.31 Å². The highest BCUT2D eigenvalue weighted by Crippen LogP contribution is 2.24. The lowest BCUT2D eigenvalue weighted by Crippen LogP contribution is -2.30. The maximum absolute atomic E-state index is 8.46. The predicted molar refractivity (Wildman–Crippen MR) is 110 cm³/mol. The standard InChI is InChI=1S/C21H23N3OS/c1-2-17(16-23-19-6-4-3-5-7-19)21(22)18-8-10-20(11-9-18)26-24-12-14-25-15-13-24/h2-11,16,22-23H,1,12-15H2/b17-16-,22-21?. The summed E-state index contributed by atoms with van der Waals surface area (Å²) in [6.07, 6.45) is 3.52. The molecule has 0 amide bonds. The van der Waals surface area contributed by atoms with Crippen molar-refractivity contribution in [3.8, 4) is 0 Å². The first-order valence-corrected chi connectivity index (χ1v) is 9.38. The smallest absolute Gasteiger partial charge is 0.0698 e. The van der Waals surface area contributed by atoms with Crippen molar-refractivity contribution in [1.82, 2.24) is 4.31 Å². The second-order valence-corrected chi connectivity index (χ2v) is 7.02. The minimum absolute atomic E-state index is 0.450. The van der Waals surface area contributed by atoms with Gasteiger partial charge < -0.3 is 10.1 Å². The lowest BCUT2D eigenvalue weighted by Gasteiger charge is -2.25. The highest BCUT2D eigenvalue weighted by molar-refractivity contribution is 7.97. The summed E-state index contributed by atoms with van der Waals surface area (Å²) >= 11 is 1.74. The number of allylic oxidation sites excluding steroid dienone is 2. The molecule has 3 rings (SSSR count). The van der Waals surface area contributed by atoms with Crippen molar-refractivity contribution >= 4 is 23.3 Å². The van der Waals surface area contributed by atoms with E-state index in [1.54, 1.807) is 18.0 Å². The van der Waals surface area contributed by atoms with Crippen molar-refractivity contribution in [2.24, 2.45) is 0 Å². The van der Waals surface area contributed by atoms with Gasteiger partial charge in [-0.3, -0.25) is 5.41 Å². The molecule has 0 aliphatic carbocycles. The van der Waals surface area contributed by atoms with Crippen molar-refractivity contribution < 1.29 is 4.74 Å². The molecule has 2 N–H and O–H groups in total. The van der Waals surface area contributed by atoms with Crippen molar-refractivity contribution in [3.63, 3.8) is 0 Å². The molecular formula is C21H23N3OS. The van der Waals surface area contributed by atoms with Crippen LogP contribution in [0.2, 0.25) is 0 Å². The number of anilines is 1. The maximum atomic E-state index is 8.46. The van der Waals surface area contributed by atoms with Crippen molar-refractivity contribution in [3.05, 3.63) is 84.6 Å². The first-order valence-electron chi connectivity index (χ1n) is 8.60. The molecule has 2 aromatic rings. The van der Waals surface area contributed by atoms with Crippen LogP contribution >= 0.6 is 11.9 Å². The van der Waals surface area contributed by atoms with E-state index in [1.165, 1.54) is 4.90 Å². The number of nitrogens with zero attached hydrogens (tertiary/aromatic N) is 1. The van der Waals surface area contributed by atoms with E-state index in [1.807, 2.05) is 48.7 Å². The number of benzene rings is 2. The summed E-state index contributed by atoms with van der Waals surface area (Å²) in [7, 11) is 0. The van der Waals surface area contributed by atoms with Gasteiger partial charge in [0, 0.05) is 41.0 Å². The fraction of sp³-hybridized carbons (Fsp3) is 0.190. The van der Waals surface area contributed by atoms with Crippen LogP contribution in [0.25, 0.3) is 0 Å². The zero-order chi connectivity index (χ0) is 18.2. The van der Waals surface area contributed by atoms with Gasteiger partial charge in [-0.05, 0) is 36.2 Å². The molecule has 1 aliphatic heterocycles. The Hall–Kier alpha value is -2.34. The van der Waals surface area contributed by atoms with E-state index in [0.717, 1.165) is 43.1 Å². The van der Waals surface area contributed by atoms with Gasteiger partial charge in [0.15, 0.2) is 0 Å². The Morgan fingerprint density at radius 3 is 2.42 bits per heavy atom. The van der Waals surface area contributed by atoms with Crippen LogP contribution in [-0.2, 0) is 4.74 Å². The van der Waals surface area contributed by atoms with Crippen LogP contribution in [0.5, 0.6) is 0 Å². The normalized spacial score (nSPS) is 15.5. The molecule has 0 atom stereocenters. The Morgan fingerprint density at radius 1 is 1.08 bits per heavy atom. The van der Waals surface area contributed by atoms with Gasteiger partial charge in [0.25, 0.3) is 0 Å². The van der Waals surface area contributed by atoms with Crippen molar-refractivity contribution in [2.75, 3.05) is 31.6 Å². The van der Waals surface area contributed by atoms with Gasteiger partial charge in [-0.1, -0.05) is 43.0 Å². The Balaban J connectivity index is 1.64. The van der Waals surface area contributed by atoms with Crippen LogP contribution in [0.15, 0.2) is 83.9 Å². The molecule has 0 aromatic heterocycles. The molecule has 0 radical (unpaired) electrons. The summed E-state index contributed by atoms with van der Waals surface area (Å²) in [5.74, 6) is 0. The first kappa shape index (κ1) is 18.5. The number of morpholine rings is 1. The van der Waals surface area contributed by atoms with Crippen LogP contribution in [0.3, 0.4) is 0 Å². The summed E-state index contributed by atoms with van der Waals surface area (Å²) in [5.41, 5.74) is 3.06. The first-order chi connectivity index (χ1) is 12.8. The molecule has 1 aliphatic rings. The summed E-state index contributed by atoms with van der Waals surface area (Å²) in [4.78, 5) is 1.18. The van der Waals surface area contributed by atoms with E-state index in [4.69, 9.17) is 10.1 Å². The quantitative estimate of drug-likeness (QED) is 0.428. The molecule has 1 fully saturated rings. The van der Waals surface area contributed by atoms with E-state index in [0.29, 0.717) is 5.71 Å².